The summed E-state index contributed by atoms with van der Waals surface area (Å²) in [5.41, 5.74) is 0. The molecule has 0 aliphatic heterocycles. The Morgan fingerprint density at radius 3 is 1.32 bits per heavy atom. The molecule has 62 heavy (non-hydrogen) atoms. The molecule has 0 aromatic carbocycles. The number of rotatable bonds is 45. The van der Waals surface area contributed by atoms with Crippen molar-refractivity contribution in [1.29, 1.82) is 0 Å². The molecule has 0 aliphatic carbocycles. The fourth-order valence-corrected chi connectivity index (χ4v) is 7.24. The molecule has 6 heteroatoms. The van der Waals surface area contributed by atoms with Gasteiger partial charge in [-0.15, -0.1) is 0 Å². The molecule has 3 atom stereocenters. The Bertz CT molecular complexity index is 1200. The van der Waals surface area contributed by atoms with Gasteiger partial charge < -0.3 is 20.3 Å². The highest BCUT2D eigenvalue weighted by atomic mass is 16.5. The Balaban J connectivity index is 4.77. The first-order valence-electron chi connectivity index (χ1n) is 25.8. The number of carbonyl (C=O) groups excluding carboxylic acids is 2. The van der Waals surface area contributed by atoms with Gasteiger partial charge in [-0.25, -0.2) is 0 Å². The molecule has 3 unspecified atom stereocenters. The molecule has 0 bridgehead atoms. The molecular formula is C56H97NO5. The van der Waals surface area contributed by atoms with Gasteiger partial charge in [0.1, 0.15) is 6.10 Å². The van der Waals surface area contributed by atoms with Crippen molar-refractivity contribution in [1.82, 2.24) is 5.32 Å². The highest BCUT2D eigenvalue weighted by Crippen LogP contribution is 2.15. The van der Waals surface area contributed by atoms with Crippen LogP contribution in [0.4, 0.5) is 0 Å². The number of ether oxygens (including phenoxy) is 1. The van der Waals surface area contributed by atoms with Crippen molar-refractivity contribution in [3.8, 4) is 0 Å². The molecule has 0 fully saturated rings. The highest BCUT2D eigenvalue weighted by molar-refractivity contribution is 5.77. The van der Waals surface area contributed by atoms with Gasteiger partial charge in [0.05, 0.1) is 25.2 Å². The lowest BCUT2D eigenvalue weighted by Gasteiger charge is -2.24. The third-order valence-corrected chi connectivity index (χ3v) is 11.2. The number of allylic oxidation sites excluding steroid dienone is 13. The Labute approximate surface area is 383 Å². The number of aliphatic hydroxyl groups is 2. The van der Waals surface area contributed by atoms with E-state index in [4.69, 9.17) is 4.74 Å². The second kappa shape index (κ2) is 49.1. The minimum Gasteiger partial charge on any atom is -0.461 e. The van der Waals surface area contributed by atoms with Crippen molar-refractivity contribution < 1.29 is 24.5 Å². The molecule has 0 aromatic rings. The predicted molar refractivity (Wildman–Crippen MR) is 268 cm³/mol. The average Bonchev–Trinajstić information content (AvgIpc) is 3.26. The maximum atomic E-state index is 13.2. The first-order valence-corrected chi connectivity index (χ1v) is 25.8. The van der Waals surface area contributed by atoms with Gasteiger partial charge in [-0.1, -0.05) is 215 Å². The summed E-state index contributed by atoms with van der Waals surface area (Å²) in [4.78, 5) is 26.1. The summed E-state index contributed by atoms with van der Waals surface area (Å²) < 4.78 is 5.86. The predicted octanol–water partition coefficient (Wildman–Crippen LogP) is 15.6. The van der Waals surface area contributed by atoms with Crippen LogP contribution >= 0.6 is 0 Å². The number of amides is 1. The summed E-state index contributed by atoms with van der Waals surface area (Å²) in [5.74, 6) is -0.606. The molecule has 3 N–H and O–H groups in total. The van der Waals surface area contributed by atoms with Crippen molar-refractivity contribution in [3.05, 3.63) is 85.1 Å². The Hall–Kier alpha value is -2.96. The number of aliphatic hydroxyl groups excluding tert-OH is 2. The van der Waals surface area contributed by atoms with E-state index in [1.54, 1.807) is 0 Å². The van der Waals surface area contributed by atoms with Crippen LogP contribution in [0.25, 0.3) is 0 Å². The second-order valence-corrected chi connectivity index (χ2v) is 17.2. The van der Waals surface area contributed by atoms with E-state index in [9.17, 15) is 19.8 Å². The Morgan fingerprint density at radius 2 is 0.855 bits per heavy atom. The lowest BCUT2D eigenvalue weighted by Crippen LogP contribution is -2.46. The first kappa shape index (κ1) is 59.0. The molecule has 0 spiro atoms. The van der Waals surface area contributed by atoms with E-state index in [2.05, 4.69) is 99.0 Å². The number of unbranched alkanes of at least 4 members (excludes halogenated alkanes) is 20. The van der Waals surface area contributed by atoms with Crippen LogP contribution in [0.15, 0.2) is 85.1 Å². The molecule has 6 nitrogen and oxygen atoms in total. The average molecular weight is 864 g/mol. The molecule has 0 aliphatic rings. The zero-order chi connectivity index (χ0) is 45.2. The van der Waals surface area contributed by atoms with Crippen LogP contribution in [0.1, 0.15) is 233 Å². The third-order valence-electron chi connectivity index (χ3n) is 11.2. The molecule has 0 saturated heterocycles. The summed E-state index contributed by atoms with van der Waals surface area (Å²) in [6, 6.07) is -0.739. The number of nitrogens with one attached hydrogen (secondary N) is 1. The van der Waals surface area contributed by atoms with Gasteiger partial charge in [0.15, 0.2) is 0 Å². The first-order chi connectivity index (χ1) is 30.5. The second-order valence-electron chi connectivity index (χ2n) is 17.2. The highest BCUT2D eigenvalue weighted by Gasteiger charge is 2.23. The Morgan fingerprint density at radius 1 is 0.484 bits per heavy atom. The van der Waals surface area contributed by atoms with Crippen LogP contribution in [0.5, 0.6) is 0 Å². The van der Waals surface area contributed by atoms with E-state index >= 15 is 0 Å². The van der Waals surface area contributed by atoms with Crippen LogP contribution < -0.4 is 5.32 Å². The topological polar surface area (TPSA) is 95.9 Å². The van der Waals surface area contributed by atoms with Crippen LogP contribution in [0.2, 0.25) is 0 Å². The van der Waals surface area contributed by atoms with E-state index < -0.39 is 18.2 Å². The quantitative estimate of drug-likeness (QED) is 0.0322. The van der Waals surface area contributed by atoms with E-state index in [1.165, 1.54) is 103 Å². The van der Waals surface area contributed by atoms with Gasteiger partial charge in [0.2, 0.25) is 5.91 Å². The SMILES string of the molecule is CCCCC/C=C\C/C=C\C/C=C\C/C=C\CC(CC(=O)NC(CO)C(O)CCCCCCCCCCCCC)OC(=O)CCCCCC/C=C\C/C=C\C/C=C\CCCCC. The van der Waals surface area contributed by atoms with Crippen LogP contribution in [-0.4, -0.2) is 46.9 Å². The van der Waals surface area contributed by atoms with Gasteiger partial charge in [-0.2, -0.15) is 0 Å². The number of hydrogen-bond donors (Lipinski definition) is 3. The van der Waals surface area contributed by atoms with Gasteiger partial charge in [-0.05, 0) is 83.5 Å². The van der Waals surface area contributed by atoms with Crippen LogP contribution in [0, 0.1) is 0 Å². The zero-order valence-corrected chi connectivity index (χ0v) is 40.5. The fourth-order valence-electron chi connectivity index (χ4n) is 7.24. The molecule has 0 saturated carbocycles. The van der Waals surface area contributed by atoms with E-state index in [1.807, 2.05) is 12.2 Å². The summed E-state index contributed by atoms with van der Waals surface area (Å²) in [7, 11) is 0. The maximum absolute atomic E-state index is 13.2. The monoisotopic (exact) mass is 864 g/mol. The van der Waals surface area contributed by atoms with Crippen LogP contribution in [-0.2, 0) is 14.3 Å². The van der Waals surface area contributed by atoms with Crippen molar-refractivity contribution in [3.63, 3.8) is 0 Å². The summed E-state index contributed by atoms with van der Waals surface area (Å²) in [6.07, 6.45) is 63.7. The van der Waals surface area contributed by atoms with Crippen molar-refractivity contribution in [2.45, 2.75) is 251 Å². The lowest BCUT2D eigenvalue weighted by atomic mass is 10.0. The van der Waals surface area contributed by atoms with Crippen molar-refractivity contribution >= 4 is 11.9 Å². The van der Waals surface area contributed by atoms with Crippen LogP contribution in [0.3, 0.4) is 0 Å². The molecule has 0 rings (SSSR count). The normalized spacial score (nSPS) is 14.0. The van der Waals surface area contributed by atoms with Gasteiger partial charge in [0, 0.05) is 12.8 Å². The minimum absolute atomic E-state index is 0.0112. The summed E-state index contributed by atoms with van der Waals surface area (Å²) in [6.45, 7) is 6.38. The van der Waals surface area contributed by atoms with Gasteiger partial charge in [0.25, 0.3) is 0 Å². The molecular weight excluding hydrogens is 767 g/mol. The standard InChI is InChI=1S/C56H97NO5/c1-4-7-10-13-16-19-22-24-26-27-29-31-34-37-40-43-46-49-56(61)62-52(47-44-41-38-35-33-30-28-25-23-20-17-14-11-8-5-2)50-55(60)57-53(51-58)54(59)48-45-42-39-36-32-21-18-15-12-9-6-3/h16-17,19-20,24-26,28-29,31,33,35,41,44,52-54,58-59H,4-15,18,21-23,27,30,32,34,36-40,42-43,45-51H2,1-3H3,(H,57,60)/b19-16-,20-17-,26-24-,28-25-,31-29-,35-33-,44-41-. The minimum atomic E-state index is -0.818. The molecule has 0 radical (unpaired) electrons. The van der Waals surface area contributed by atoms with E-state index in [0.29, 0.717) is 19.3 Å². The van der Waals surface area contributed by atoms with E-state index in [0.717, 1.165) is 83.5 Å². The maximum Gasteiger partial charge on any atom is 0.306 e. The Kier molecular flexibility index (Phi) is 46.7. The largest absolute Gasteiger partial charge is 0.461 e. The smallest absolute Gasteiger partial charge is 0.306 e. The lowest BCUT2D eigenvalue weighted by molar-refractivity contribution is -0.150. The molecule has 0 aromatic heterocycles. The molecule has 1 amide bonds. The summed E-state index contributed by atoms with van der Waals surface area (Å²) >= 11 is 0. The fraction of sp³-hybridized carbons (Fsp3) is 0.714. The summed E-state index contributed by atoms with van der Waals surface area (Å²) in [5, 5.41) is 23.7. The van der Waals surface area contributed by atoms with E-state index in [-0.39, 0.29) is 24.9 Å². The third kappa shape index (κ3) is 43.7. The number of esters is 1. The number of hydrogen-bond acceptors (Lipinski definition) is 5. The molecule has 356 valence electrons. The van der Waals surface area contributed by atoms with Crippen molar-refractivity contribution in [2.24, 2.45) is 0 Å². The number of carbonyl (C=O) groups is 2. The molecule has 0 heterocycles. The van der Waals surface area contributed by atoms with Gasteiger partial charge in [-0.3, -0.25) is 9.59 Å². The van der Waals surface area contributed by atoms with Crippen molar-refractivity contribution in [2.75, 3.05) is 6.61 Å². The van der Waals surface area contributed by atoms with Gasteiger partial charge >= 0.3 is 5.97 Å². The zero-order valence-electron chi connectivity index (χ0n) is 40.5.